The topological polar surface area (TPSA) is 42.1 Å². The molecule has 1 aromatic heterocycles. The van der Waals surface area contributed by atoms with Gasteiger partial charge in [0.05, 0.1) is 16.8 Å². The second-order valence-corrected chi connectivity index (χ2v) is 7.91. The van der Waals surface area contributed by atoms with Crippen LogP contribution < -0.4 is 10.6 Å². The summed E-state index contributed by atoms with van der Waals surface area (Å²) in [7, 11) is 0. The van der Waals surface area contributed by atoms with Gasteiger partial charge in [0.25, 0.3) is 0 Å². The third-order valence-electron chi connectivity index (χ3n) is 5.50. The molecule has 1 fully saturated rings. The smallest absolute Gasteiger partial charge is 0.338 e. The Morgan fingerprint density at radius 1 is 1.00 bits per heavy atom. The van der Waals surface area contributed by atoms with Gasteiger partial charge in [0.1, 0.15) is 0 Å². The standard InChI is InChI=1S/C22H21ClF3N3/c23-15-4-9-19-20(13-15)28-11-10-21(19)29(17-7-5-16(27)6-8-17)18-3-1-2-14(12-18)22(24,25)26/h1-4,9-13,16-17H,5-8,27H2. The van der Waals surface area contributed by atoms with E-state index in [1.807, 2.05) is 17.0 Å². The molecule has 0 bridgehead atoms. The summed E-state index contributed by atoms with van der Waals surface area (Å²) in [6.07, 6.45) is 0.585. The second kappa shape index (κ2) is 7.84. The monoisotopic (exact) mass is 419 g/mol. The Hall–Kier alpha value is -2.31. The van der Waals surface area contributed by atoms with Crippen molar-refractivity contribution in [3.63, 3.8) is 0 Å². The molecule has 1 aliphatic rings. The number of hydrogen-bond donors (Lipinski definition) is 1. The van der Waals surface area contributed by atoms with Crippen LogP contribution in [0, 0.1) is 0 Å². The van der Waals surface area contributed by atoms with E-state index >= 15 is 0 Å². The highest BCUT2D eigenvalue weighted by molar-refractivity contribution is 6.31. The second-order valence-electron chi connectivity index (χ2n) is 7.48. The Balaban J connectivity index is 1.86. The molecule has 3 nitrogen and oxygen atoms in total. The van der Waals surface area contributed by atoms with Crippen molar-refractivity contribution in [3.8, 4) is 0 Å². The minimum Gasteiger partial charge on any atom is -0.338 e. The predicted octanol–water partition coefficient (Wildman–Crippen LogP) is 6.32. The van der Waals surface area contributed by atoms with Gasteiger partial charge in [0.15, 0.2) is 0 Å². The zero-order chi connectivity index (χ0) is 20.6. The first-order valence-electron chi connectivity index (χ1n) is 9.59. The van der Waals surface area contributed by atoms with Gasteiger partial charge < -0.3 is 10.6 Å². The SMILES string of the molecule is NC1CCC(N(c2cccc(C(F)(F)F)c2)c2ccnc3cc(Cl)ccc23)CC1. The molecule has 2 N–H and O–H groups in total. The lowest BCUT2D eigenvalue weighted by molar-refractivity contribution is -0.137. The van der Waals surface area contributed by atoms with E-state index in [9.17, 15) is 13.2 Å². The normalized spacial score (nSPS) is 20.0. The molecule has 0 saturated heterocycles. The number of nitrogens with two attached hydrogens (primary N) is 1. The Morgan fingerprint density at radius 3 is 2.48 bits per heavy atom. The highest BCUT2D eigenvalue weighted by Gasteiger charge is 2.32. The summed E-state index contributed by atoms with van der Waals surface area (Å²) < 4.78 is 40.1. The molecule has 0 spiro atoms. The van der Waals surface area contributed by atoms with Gasteiger partial charge in [-0.1, -0.05) is 17.7 Å². The van der Waals surface area contributed by atoms with E-state index in [2.05, 4.69) is 4.98 Å². The van der Waals surface area contributed by atoms with Gasteiger partial charge in [-0.05, 0) is 68.1 Å². The van der Waals surface area contributed by atoms with Crippen molar-refractivity contribution in [2.24, 2.45) is 5.73 Å². The third-order valence-corrected chi connectivity index (χ3v) is 5.73. The molecule has 1 heterocycles. The highest BCUT2D eigenvalue weighted by atomic mass is 35.5. The Bertz CT molecular complexity index is 1010. The Morgan fingerprint density at radius 2 is 1.76 bits per heavy atom. The van der Waals surface area contributed by atoms with Crippen LogP contribution in [0.25, 0.3) is 10.9 Å². The first-order chi connectivity index (χ1) is 13.8. The van der Waals surface area contributed by atoms with Crippen LogP contribution in [0.2, 0.25) is 5.02 Å². The van der Waals surface area contributed by atoms with Gasteiger partial charge in [-0.15, -0.1) is 0 Å². The molecule has 0 aliphatic heterocycles. The van der Waals surface area contributed by atoms with Gasteiger partial charge in [0, 0.05) is 34.4 Å². The van der Waals surface area contributed by atoms with Crippen molar-refractivity contribution in [1.82, 2.24) is 4.98 Å². The summed E-state index contributed by atoms with van der Waals surface area (Å²) in [6, 6.07) is 13.0. The Labute approximate surface area is 172 Å². The van der Waals surface area contributed by atoms with Crippen molar-refractivity contribution in [1.29, 1.82) is 0 Å². The number of alkyl halides is 3. The van der Waals surface area contributed by atoms with Crippen LogP contribution in [0.4, 0.5) is 24.5 Å². The fourth-order valence-corrected chi connectivity index (χ4v) is 4.22. The number of hydrogen-bond acceptors (Lipinski definition) is 3. The first-order valence-corrected chi connectivity index (χ1v) is 9.97. The highest BCUT2D eigenvalue weighted by Crippen LogP contribution is 2.40. The predicted molar refractivity (Wildman–Crippen MR) is 111 cm³/mol. The fraction of sp³-hybridized carbons (Fsp3) is 0.318. The molecular weight excluding hydrogens is 399 g/mol. The van der Waals surface area contributed by atoms with E-state index in [4.69, 9.17) is 17.3 Å². The molecule has 0 amide bonds. The van der Waals surface area contributed by atoms with E-state index in [0.717, 1.165) is 42.8 Å². The van der Waals surface area contributed by atoms with E-state index in [1.165, 1.54) is 12.1 Å². The lowest BCUT2D eigenvalue weighted by Gasteiger charge is -2.38. The number of rotatable bonds is 3. The first kappa shape index (κ1) is 20.0. The van der Waals surface area contributed by atoms with Crippen LogP contribution in [0.5, 0.6) is 0 Å². The molecule has 4 rings (SSSR count). The third kappa shape index (κ3) is 4.19. The minimum atomic E-state index is -4.40. The summed E-state index contributed by atoms with van der Waals surface area (Å²) in [4.78, 5) is 6.39. The summed E-state index contributed by atoms with van der Waals surface area (Å²) in [6.45, 7) is 0. The van der Waals surface area contributed by atoms with E-state index in [0.29, 0.717) is 16.2 Å². The van der Waals surface area contributed by atoms with Gasteiger partial charge in [-0.25, -0.2) is 0 Å². The van der Waals surface area contributed by atoms with Gasteiger partial charge in [-0.3, -0.25) is 4.98 Å². The summed E-state index contributed by atoms with van der Waals surface area (Å²) in [5.41, 5.74) is 7.46. The minimum absolute atomic E-state index is 0.0551. The van der Waals surface area contributed by atoms with Gasteiger partial charge in [0.2, 0.25) is 0 Å². The molecule has 2 aromatic carbocycles. The number of fused-ring (bicyclic) bond motifs is 1. The summed E-state index contributed by atoms with van der Waals surface area (Å²) in [5, 5.41) is 1.42. The van der Waals surface area contributed by atoms with Crippen LogP contribution in [0.15, 0.2) is 54.7 Å². The zero-order valence-electron chi connectivity index (χ0n) is 15.7. The molecule has 0 atom stereocenters. The maximum absolute atomic E-state index is 13.4. The number of nitrogens with zero attached hydrogens (tertiary/aromatic N) is 2. The number of benzene rings is 2. The number of pyridine rings is 1. The molecule has 0 unspecified atom stereocenters. The van der Waals surface area contributed by atoms with Crippen LogP contribution in [0.1, 0.15) is 31.2 Å². The van der Waals surface area contributed by atoms with Crippen LogP contribution >= 0.6 is 11.6 Å². The van der Waals surface area contributed by atoms with Gasteiger partial charge >= 0.3 is 6.18 Å². The average Bonchev–Trinajstić information content (AvgIpc) is 2.69. The maximum Gasteiger partial charge on any atom is 0.416 e. The van der Waals surface area contributed by atoms with Crippen molar-refractivity contribution >= 4 is 33.9 Å². The van der Waals surface area contributed by atoms with Crippen LogP contribution in [-0.4, -0.2) is 17.1 Å². The number of anilines is 2. The largest absolute Gasteiger partial charge is 0.416 e. The van der Waals surface area contributed by atoms with Crippen molar-refractivity contribution < 1.29 is 13.2 Å². The maximum atomic E-state index is 13.4. The molecule has 152 valence electrons. The summed E-state index contributed by atoms with van der Waals surface area (Å²) in [5.74, 6) is 0. The quantitative estimate of drug-likeness (QED) is 0.540. The van der Waals surface area contributed by atoms with Crippen LogP contribution in [0.3, 0.4) is 0 Å². The molecule has 1 aliphatic carbocycles. The Kier molecular flexibility index (Phi) is 5.40. The van der Waals surface area contributed by atoms with Crippen molar-refractivity contribution in [2.45, 2.75) is 43.9 Å². The molecule has 3 aromatic rings. The van der Waals surface area contributed by atoms with Crippen molar-refractivity contribution in [2.75, 3.05) is 4.90 Å². The van der Waals surface area contributed by atoms with E-state index in [-0.39, 0.29) is 12.1 Å². The van der Waals surface area contributed by atoms with Crippen LogP contribution in [-0.2, 0) is 6.18 Å². The zero-order valence-corrected chi connectivity index (χ0v) is 16.4. The molecule has 0 radical (unpaired) electrons. The molecular formula is C22H21ClF3N3. The van der Waals surface area contributed by atoms with E-state index < -0.39 is 11.7 Å². The molecule has 29 heavy (non-hydrogen) atoms. The lowest BCUT2D eigenvalue weighted by atomic mass is 9.89. The number of halogens is 4. The lowest BCUT2D eigenvalue weighted by Crippen LogP contribution is -2.38. The summed E-state index contributed by atoms with van der Waals surface area (Å²) >= 11 is 6.11. The average molecular weight is 420 g/mol. The number of aromatic nitrogens is 1. The fourth-order valence-electron chi connectivity index (χ4n) is 4.05. The van der Waals surface area contributed by atoms with E-state index in [1.54, 1.807) is 24.4 Å². The molecule has 1 saturated carbocycles. The van der Waals surface area contributed by atoms with Gasteiger partial charge in [-0.2, -0.15) is 13.2 Å². The van der Waals surface area contributed by atoms with Crippen molar-refractivity contribution in [3.05, 3.63) is 65.3 Å². The molecule has 7 heteroatoms.